The van der Waals surface area contributed by atoms with Gasteiger partial charge in [-0.05, 0) is 48.9 Å². The number of fused-ring (bicyclic) bond motifs is 1. The second-order valence-corrected chi connectivity index (χ2v) is 7.38. The largest absolute Gasteiger partial charge is 0.325 e. The third-order valence-corrected chi connectivity index (χ3v) is 5.27. The molecule has 0 saturated carbocycles. The Bertz CT molecular complexity index is 1150. The van der Waals surface area contributed by atoms with Crippen molar-refractivity contribution in [1.29, 1.82) is 0 Å². The summed E-state index contributed by atoms with van der Waals surface area (Å²) in [7, 11) is 0. The maximum Gasteiger partial charge on any atom is 0.234 e. The molecule has 0 fully saturated rings. The summed E-state index contributed by atoms with van der Waals surface area (Å²) in [6, 6.07) is 14.6. The molecule has 3 heterocycles. The zero-order valence-electron chi connectivity index (χ0n) is 14.8. The van der Waals surface area contributed by atoms with Gasteiger partial charge in [0.25, 0.3) is 0 Å². The third kappa shape index (κ3) is 3.97. The fourth-order valence-corrected chi connectivity index (χ4v) is 3.35. The van der Waals surface area contributed by atoms with Gasteiger partial charge in [0.1, 0.15) is 10.7 Å². The molecule has 7 nitrogen and oxygen atoms in total. The number of aryl methyl sites for hydroxylation is 1. The summed E-state index contributed by atoms with van der Waals surface area (Å²) in [5, 5.41) is 16.9. The fraction of sp³-hybridized carbons (Fsp3) is 0.105. The van der Waals surface area contributed by atoms with Crippen LogP contribution in [0.3, 0.4) is 0 Å². The van der Waals surface area contributed by atoms with Gasteiger partial charge in [-0.3, -0.25) is 9.78 Å². The van der Waals surface area contributed by atoms with Gasteiger partial charge in [-0.1, -0.05) is 35.5 Å². The molecule has 0 bridgehead atoms. The molecule has 1 N–H and O–H groups in total. The first-order valence-electron chi connectivity index (χ1n) is 8.43. The van der Waals surface area contributed by atoms with Gasteiger partial charge in [0.15, 0.2) is 5.65 Å². The van der Waals surface area contributed by atoms with Crippen molar-refractivity contribution in [3.8, 4) is 11.5 Å². The van der Waals surface area contributed by atoms with E-state index in [4.69, 9.17) is 11.6 Å². The number of carbonyl (C=O) groups excluding carboxylic acids is 1. The van der Waals surface area contributed by atoms with Crippen LogP contribution in [0.1, 0.15) is 5.56 Å². The first-order chi connectivity index (χ1) is 13.6. The molecule has 9 heteroatoms. The van der Waals surface area contributed by atoms with E-state index in [1.165, 1.54) is 11.8 Å². The lowest BCUT2D eigenvalue weighted by Gasteiger charge is -2.07. The highest BCUT2D eigenvalue weighted by atomic mass is 35.5. The molecule has 0 unspecified atom stereocenters. The molecule has 0 aliphatic rings. The van der Waals surface area contributed by atoms with Crippen molar-refractivity contribution < 1.29 is 4.79 Å². The number of pyridine rings is 1. The summed E-state index contributed by atoms with van der Waals surface area (Å²) in [5.74, 6) is 0.628. The fourth-order valence-electron chi connectivity index (χ4n) is 2.51. The maximum atomic E-state index is 12.2. The Kier molecular flexibility index (Phi) is 5.23. The zero-order chi connectivity index (χ0) is 19.5. The van der Waals surface area contributed by atoms with Crippen LogP contribution in [0.2, 0.25) is 5.02 Å². The molecule has 28 heavy (non-hydrogen) atoms. The minimum absolute atomic E-state index is 0.138. The molecule has 0 aliphatic heterocycles. The number of aromatic nitrogens is 5. The van der Waals surface area contributed by atoms with Crippen LogP contribution in [0.25, 0.3) is 17.2 Å². The molecule has 3 aromatic heterocycles. The van der Waals surface area contributed by atoms with Gasteiger partial charge in [0, 0.05) is 16.9 Å². The maximum absolute atomic E-state index is 12.2. The highest BCUT2D eigenvalue weighted by Gasteiger charge is 2.12. The number of halogens is 1. The number of anilines is 1. The Morgan fingerprint density at radius 2 is 2.07 bits per heavy atom. The third-order valence-electron chi connectivity index (χ3n) is 3.94. The van der Waals surface area contributed by atoms with Crippen molar-refractivity contribution in [3.63, 3.8) is 0 Å². The van der Waals surface area contributed by atoms with Crippen molar-refractivity contribution >= 4 is 40.6 Å². The first-order valence-corrected chi connectivity index (χ1v) is 9.79. The summed E-state index contributed by atoms with van der Waals surface area (Å²) >= 11 is 7.42. The van der Waals surface area contributed by atoms with Crippen molar-refractivity contribution in [2.24, 2.45) is 0 Å². The highest BCUT2D eigenvalue weighted by molar-refractivity contribution is 7.99. The SMILES string of the molecule is Cc1ccc(NC(=O)CSc2ccc3nnc(-c4ccccn4)n3n2)cc1Cl. The number of carbonyl (C=O) groups is 1. The van der Waals surface area contributed by atoms with E-state index in [1.54, 1.807) is 16.8 Å². The predicted octanol–water partition coefficient (Wildman–Crippen LogP) is 3.88. The normalized spacial score (nSPS) is 10.9. The van der Waals surface area contributed by atoms with E-state index in [9.17, 15) is 4.79 Å². The van der Waals surface area contributed by atoms with Gasteiger partial charge in [0.05, 0.1) is 5.75 Å². The Balaban J connectivity index is 1.47. The first kappa shape index (κ1) is 18.4. The number of rotatable bonds is 5. The van der Waals surface area contributed by atoms with Crippen molar-refractivity contribution in [2.75, 3.05) is 11.1 Å². The summed E-state index contributed by atoms with van der Waals surface area (Å²) in [6.07, 6.45) is 1.69. The average Bonchev–Trinajstić information content (AvgIpc) is 3.13. The standard InChI is InChI=1S/C19H15ClN6OS/c1-12-5-6-13(10-14(12)20)22-17(27)11-28-18-8-7-16-23-24-19(26(16)25-18)15-4-2-3-9-21-15/h2-10H,11H2,1H3,(H,22,27). The van der Waals surface area contributed by atoms with Crippen LogP contribution >= 0.6 is 23.4 Å². The monoisotopic (exact) mass is 410 g/mol. The summed E-state index contributed by atoms with van der Waals surface area (Å²) in [6.45, 7) is 1.91. The lowest BCUT2D eigenvalue weighted by atomic mass is 10.2. The van der Waals surface area contributed by atoms with E-state index < -0.39 is 0 Å². The number of nitrogens with zero attached hydrogens (tertiary/aromatic N) is 5. The van der Waals surface area contributed by atoms with E-state index >= 15 is 0 Å². The zero-order valence-corrected chi connectivity index (χ0v) is 16.4. The Morgan fingerprint density at radius 3 is 2.86 bits per heavy atom. The quantitative estimate of drug-likeness (QED) is 0.502. The van der Waals surface area contributed by atoms with Crippen LogP contribution < -0.4 is 5.32 Å². The second kappa shape index (κ2) is 7.95. The van der Waals surface area contributed by atoms with E-state index in [1.807, 2.05) is 49.4 Å². The molecule has 4 rings (SSSR count). The summed E-state index contributed by atoms with van der Waals surface area (Å²) in [4.78, 5) is 16.5. The van der Waals surface area contributed by atoms with Crippen molar-refractivity contribution in [1.82, 2.24) is 24.8 Å². The van der Waals surface area contributed by atoms with E-state index in [0.29, 0.717) is 32.9 Å². The van der Waals surface area contributed by atoms with Crippen LogP contribution in [0.15, 0.2) is 59.8 Å². The minimum atomic E-state index is -0.138. The Morgan fingerprint density at radius 1 is 1.18 bits per heavy atom. The highest BCUT2D eigenvalue weighted by Crippen LogP contribution is 2.22. The van der Waals surface area contributed by atoms with Gasteiger partial charge in [-0.25, -0.2) is 0 Å². The van der Waals surface area contributed by atoms with Crippen LogP contribution in [-0.2, 0) is 4.79 Å². The smallest absolute Gasteiger partial charge is 0.234 e. The Labute approximate surface area is 170 Å². The lowest BCUT2D eigenvalue weighted by Crippen LogP contribution is -2.14. The number of amides is 1. The molecule has 0 saturated heterocycles. The topological polar surface area (TPSA) is 85.1 Å². The summed E-state index contributed by atoms with van der Waals surface area (Å²) in [5.41, 5.74) is 2.92. The molecule has 0 atom stereocenters. The number of hydrogen-bond donors (Lipinski definition) is 1. The number of thioether (sulfide) groups is 1. The molecule has 1 aromatic carbocycles. The van der Waals surface area contributed by atoms with Crippen molar-refractivity contribution in [2.45, 2.75) is 11.9 Å². The average molecular weight is 411 g/mol. The number of nitrogens with one attached hydrogen (secondary N) is 1. The molecular formula is C19H15ClN6OS. The number of benzene rings is 1. The molecule has 1 amide bonds. The van der Waals surface area contributed by atoms with Crippen LogP contribution in [0.4, 0.5) is 5.69 Å². The molecule has 140 valence electrons. The van der Waals surface area contributed by atoms with E-state index in [2.05, 4.69) is 25.6 Å². The van der Waals surface area contributed by atoms with Gasteiger partial charge in [0.2, 0.25) is 11.7 Å². The Hall–Kier alpha value is -2.97. The predicted molar refractivity (Wildman–Crippen MR) is 110 cm³/mol. The molecule has 0 spiro atoms. The van der Waals surface area contributed by atoms with E-state index in [-0.39, 0.29) is 11.7 Å². The van der Waals surface area contributed by atoms with Gasteiger partial charge < -0.3 is 5.32 Å². The van der Waals surface area contributed by atoms with Gasteiger partial charge in [-0.2, -0.15) is 9.61 Å². The minimum Gasteiger partial charge on any atom is -0.325 e. The van der Waals surface area contributed by atoms with Gasteiger partial charge in [-0.15, -0.1) is 10.2 Å². The van der Waals surface area contributed by atoms with Crippen LogP contribution in [-0.4, -0.2) is 36.5 Å². The van der Waals surface area contributed by atoms with Crippen LogP contribution in [0, 0.1) is 6.92 Å². The molecular weight excluding hydrogens is 396 g/mol. The second-order valence-electron chi connectivity index (χ2n) is 5.98. The van der Waals surface area contributed by atoms with Crippen molar-refractivity contribution in [3.05, 3.63) is 65.3 Å². The number of hydrogen-bond acceptors (Lipinski definition) is 6. The summed E-state index contributed by atoms with van der Waals surface area (Å²) < 4.78 is 1.63. The lowest BCUT2D eigenvalue weighted by molar-refractivity contribution is -0.113. The van der Waals surface area contributed by atoms with Gasteiger partial charge >= 0.3 is 0 Å². The molecule has 4 aromatic rings. The van der Waals surface area contributed by atoms with E-state index in [0.717, 1.165) is 5.56 Å². The molecule has 0 radical (unpaired) electrons. The van der Waals surface area contributed by atoms with Crippen LogP contribution in [0.5, 0.6) is 0 Å². The molecule has 0 aliphatic carbocycles.